The Balaban J connectivity index is 1.94. The lowest BCUT2D eigenvalue weighted by molar-refractivity contribution is 0.416. The summed E-state index contributed by atoms with van der Waals surface area (Å²) in [6.07, 6.45) is 2.45. The van der Waals surface area contributed by atoms with Crippen molar-refractivity contribution in [3.05, 3.63) is 48.5 Å². The van der Waals surface area contributed by atoms with Crippen LogP contribution in [0.1, 0.15) is 12.8 Å². The van der Waals surface area contributed by atoms with E-state index < -0.39 is 0 Å². The second kappa shape index (κ2) is 5.88. The summed E-state index contributed by atoms with van der Waals surface area (Å²) in [6, 6.07) is 16.1. The van der Waals surface area contributed by atoms with Gasteiger partial charge in [0.1, 0.15) is 11.6 Å². The van der Waals surface area contributed by atoms with Crippen molar-refractivity contribution in [1.29, 1.82) is 0 Å². The number of para-hydroxylation sites is 2. The molecule has 1 saturated heterocycles. The van der Waals surface area contributed by atoms with Crippen LogP contribution in [0.4, 0.5) is 5.82 Å². The number of benzene rings is 2. The van der Waals surface area contributed by atoms with Gasteiger partial charge in [-0.15, -0.1) is 0 Å². The van der Waals surface area contributed by atoms with Gasteiger partial charge >= 0.3 is 0 Å². The minimum Gasteiger partial charge on any atom is -0.496 e. The van der Waals surface area contributed by atoms with E-state index in [2.05, 4.69) is 17.0 Å². The molecule has 0 atom stereocenters. The van der Waals surface area contributed by atoms with Gasteiger partial charge in [0.15, 0.2) is 5.82 Å². The maximum atomic E-state index is 5.48. The highest BCUT2D eigenvalue weighted by Crippen LogP contribution is 2.32. The molecule has 0 radical (unpaired) electrons. The zero-order valence-corrected chi connectivity index (χ0v) is 13.2. The molecule has 4 rings (SSSR count). The average molecular weight is 305 g/mol. The first kappa shape index (κ1) is 14.0. The van der Waals surface area contributed by atoms with E-state index in [1.807, 2.05) is 36.4 Å². The van der Waals surface area contributed by atoms with Gasteiger partial charge < -0.3 is 9.64 Å². The second-order valence-electron chi connectivity index (χ2n) is 5.78. The molecular formula is C19H19N3O. The fourth-order valence-corrected chi connectivity index (χ4v) is 3.18. The number of hydrogen-bond acceptors (Lipinski definition) is 4. The van der Waals surface area contributed by atoms with E-state index in [0.717, 1.165) is 46.9 Å². The summed E-state index contributed by atoms with van der Waals surface area (Å²) in [7, 11) is 1.68. The fraction of sp³-hybridized carbons (Fsp3) is 0.263. The van der Waals surface area contributed by atoms with E-state index >= 15 is 0 Å². The lowest BCUT2D eigenvalue weighted by atomic mass is 10.1. The van der Waals surface area contributed by atoms with Gasteiger partial charge in [0, 0.05) is 18.5 Å². The molecule has 0 saturated carbocycles. The first-order valence-corrected chi connectivity index (χ1v) is 8.02. The molecule has 0 N–H and O–H groups in total. The van der Waals surface area contributed by atoms with Crippen molar-refractivity contribution in [2.45, 2.75) is 12.8 Å². The van der Waals surface area contributed by atoms with Crippen molar-refractivity contribution < 1.29 is 4.74 Å². The Kier molecular flexibility index (Phi) is 3.58. The highest BCUT2D eigenvalue weighted by atomic mass is 16.5. The predicted molar refractivity (Wildman–Crippen MR) is 93.0 cm³/mol. The van der Waals surface area contributed by atoms with Gasteiger partial charge in [0.25, 0.3) is 0 Å². The molecule has 116 valence electrons. The number of methoxy groups -OCH3 is 1. The van der Waals surface area contributed by atoms with Crippen LogP contribution in [-0.2, 0) is 0 Å². The highest BCUT2D eigenvalue weighted by Gasteiger charge is 2.19. The van der Waals surface area contributed by atoms with Crippen molar-refractivity contribution >= 4 is 16.7 Å². The summed E-state index contributed by atoms with van der Waals surface area (Å²) in [4.78, 5) is 12.0. The molecule has 23 heavy (non-hydrogen) atoms. The number of rotatable bonds is 3. The van der Waals surface area contributed by atoms with Gasteiger partial charge in [-0.3, -0.25) is 0 Å². The first-order chi connectivity index (χ1) is 11.4. The van der Waals surface area contributed by atoms with Gasteiger partial charge in [-0.1, -0.05) is 24.3 Å². The van der Waals surface area contributed by atoms with Gasteiger partial charge in [0.2, 0.25) is 0 Å². The SMILES string of the molecule is COc1ccccc1-c1nc(N2CCCC2)c2ccccc2n1. The summed E-state index contributed by atoms with van der Waals surface area (Å²) < 4.78 is 5.48. The molecule has 1 aromatic heterocycles. The van der Waals surface area contributed by atoms with Gasteiger partial charge in [-0.05, 0) is 37.1 Å². The molecule has 0 bridgehead atoms. The minimum atomic E-state index is 0.725. The smallest absolute Gasteiger partial charge is 0.165 e. The van der Waals surface area contributed by atoms with Crippen LogP contribution in [0, 0.1) is 0 Å². The highest BCUT2D eigenvalue weighted by molar-refractivity contribution is 5.91. The van der Waals surface area contributed by atoms with E-state index in [-0.39, 0.29) is 0 Å². The third kappa shape index (κ3) is 2.50. The lowest BCUT2D eigenvalue weighted by Crippen LogP contribution is -2.20. The number of ether oxygens (including phenoxy) is 1. The van der Waals surface area contributed by atoms with Crippen LogP contribution in [0.25, 0.3) is 22.3 Å². The molecule has 2 heterocycles. The molecule has 0 spiro atoms. The molecule has 2 aromatic carbocycles. The number of fused-ring (bicyclic) bond motifs is 1. The normalized spacial score (nSPS) is 14.4. The van der Waals surface area contributed by atoms with Crippen LogP contribution in [-0.4, -0.2) is 30.2 Å². The van der Waals surface area contributed by atoms with E-state index in [9.17, 15) is 0 Å². The summed E-state index contributed by atoms with van der Waals surface area (Å²) in [6.45, 7) is 2.12. The number of anilines is 1. The average Bonchev–Trinajstić information content (AvgIpc) is 3.15. The molecule has 3 aromatic rings. The zero-order valence-electron chi connectivity index (χ0n) is 13.2. The summed E-state index contributed by atoms with van der Waals surface area (Å²) >= 11 is 0. The molecule has 0 amide bonds. The number of aromatic nitrogens is 2. The van der Waals surface area contributed by atoms with Crippen molar-refractivity contribution in [2.75, 3.05) is 25.1 Å². The third-order valence-corrected chi connectivity index (χ3v) is 4.34. The van der Waals surface area contributed by atoms with Gasteiger partial charge in [-0.2, -0.15) is 0 Å². The Bertz CT molecular complexity index is 841. The van der Waals surface area contributed by atoms with Crippen molar-refractivity contribution in [1.82, 2.24) is 9.97 Å². The summed E-state index contributed by atoms with van der Waals surface area (Å²) in [5.41, 5.74) is 1.91. The summed E-state index contributed by atoms with van der Waals surface area (Å²) in [5, 5.41) is 1.12. The molecule has 0 unspecified atom stereocenters. The van der Waals surface area contributed by atoms with E-state index in [0.29, 0.717) is 0 Å². The maximum Gasteiger partial charge on any atom is 0.165 e. The van der Waals surface area contributed by atoms with Crippen LogP contribution in [0.5, 0.6) is 5.75 Å². The predicted octanol–water partition coefficient (Wildman–Crippen LogP) is 3.91. The first-order valence-electron chi connectivity index (χ1n) is 8.02. The number of nitrogens with zero attached hydrogens (tertiary/aromatic N) is 3. The van der Waals surface area contributed by atoms with E-state index in [1.54, 1.807) is 7.11 Å². The molecule has 4 heteroatoms. The second-order valence-corrected chi connectivity index (χ2v) is 5.78. The molecule has 0 aliphatic carbocycles. The number of hydrogen-bond donors (Lipinski definition) is 0. The van der Waals surface area contributed by atoms with Gasteiger partial charge in [-0.25, -0.2) is 9.97 Å². The molecular weight excluding hydrogens is 286 g/mol. The van der Waals surface area contributed by atoms with Crippen molar-refractivity contribution in [2.24, 2.45) is 0 Å². The Hall–Kier alpha value is -2.62. The zero-order chi connectivity index (χ0) is 15.6. The van der Waals surface area contributed by atoms with Crippen LogP contribution < -0.4 is 9.64 Å². The third-order valence-electron chi connectivity index (χ3n) is 4.34. The standard InChI is InChI=1S/C19H19N3O/c1-23-17-11-5-3-9-15(17)18-20-16-10-4-2-8-14(16)19(21-18)22-12-6-7-13-22/h2-5,8-11H,6-7,12-13H2,1H3. The van der Waals surface area contributed by atoms with Crippen molar-refractivity contribution in [3.8, 4) is 17.1 Å². The Morgan fingerprint density at radius 1 is 0.913 bits per heavy atom. The summed E-state index contributed by atoms with van der Waals surface area (Å²) in [5.74, 6) is 2.56. The Morgan fingerprint density at radius 2 is 1.65 bits per heavy atom. The van der Waals surface area contributed by atoms with E-state index in [4.69, 9.17) is 14.7 Å². The fourth-order valence-electron chi connectivity index (χ4n) is 3.18. The van der Waals surface area contributed by atoms with Crippen LogP contribution in [0.15, 0.2) is 48.5 Å². The van der Waals surface area contributed by atoms with Crippen molar-refractivity contribution in [3.63, 3.8) is 0 Å². The molecule has 4 nitrogen and oxygen atoms in total. The Labute approximate surface area is 135 Å². The molecule has 1 aliphatic rings. The topological polar surface area (TPSA) is 38.2 Å². The monoisotopic (exact) mass is 305 g/mol. The lowest BCUT2D eigenvalue weighted by Gasteiger charge is -2.19. The molecule has 1 aliphatic heterocycles. The van der Waals surface area contributed by atoms with Crippen LogP contribution in [0.3, 0.4) is 0 Å². The molecule has 1 fully saturated rings. The van der Waals surface area contributed by atoms with E-state index in [1.165, 1.54) is 12.8 Å². The van der Waals surface area contributed by atoms with Gasteiger partial charge in [0.05, 0.1) is 18.2 Å². The minimum absolute atomic E-state index is 0.725. The quantitative estimate of drug-likeness (QED) is 0.735. The van der Waals surface area contributed by atoms with Crippen LogP contribution in [0.2, 0.25) is 0 Å². The maximum absolute atomic E-state index is 5.48. The van der Waals surface area contributed by atoms with Crippen LogP contribution >= 0.6 is 0 Å². The Morgan fingerprint density at radius 3 is 2.48 bits per heavy atom. The largest absolute Gasteiger partial charge is 0.496 e.